The Bertz CT molecular complexity index is 2420. The topological polar surface area (TPSA) is 149 Å². The lowest BCUT2D eigenvalue weighted by atomic mass is 9.84. The summed E-state index contributed by atoms with van der Waals surface area (Å²) in [5.74, 6) is -2.12. The molecular weight excluding hydrogens is 835 g/mol. The largest absolute Gasteiger partial charge is 0.599 e. The average molecular weight is 887 g/mol. The zero-order valence-corrected chi connectivity index (χ0v) is 36.9. The maximum atomic E-state index is 14.8. The predicted octanol–water partition coefficient (Wildman–Crippen LogP) is 7.34. The van der Waals surface area contributed by atoms with Crippen molar-refractivity contribution in [1.82, 2.24) is 10.6 Å². The highest BCUT2D eigenvalue weighted by Crippen LogP contribution is 2.49. The molecule has 11 heteroatoms. The summed E-state index contributed by atoms with van der Waals surface area (Å²) in [4.78, 5) is 45.7. The Hall–Kier alpha value is -6.95. The van der Waals surface area contributed by atoms with Crippen molar-refractivity contribution in [2.24, 2.45) is 4.99 Å². The molecule has 0 heterocycles. The molecule has 6 aromatic carbocycles. The second-order valence-electron chi connectivity index (χ2n) is 15.8. The third-order valence-electron chi connectivity index (χ3n) is 11.5. The third-order valence-corrected chi connectivity index (χ3v) is 13.1. The molecule has 0 fully saturated rings. The number of fused-ring (bicyclic) bond motifs is 3. The number of rotatable bonds is 20. The van der Waals surface area contributed by atoms with E-state index in [4.69, 9.17) is 9.47 Å². The second-order valence-corrected chi connectivity index (χ2v) is 17.0. The number of carbonyl (C=O) groups is 3. The quantitative estimate of drug-likeness (QED) is 0.0237. The van der Waals surface area contributed by atoms with Gasteiger partial charge in [0.25, 0.3) is 0 Å². The van der Waals surface area contributed by atoms with Crippen LogP contribution in [0.4, 0.5) is 0 Å². The van der Waals surface area contributed by atoms with E-state index in [9.17, 15) is 24.6 Å². The first-order valence-electron chi connectivity index (χ1n) is 21.6. The lowest BCUT2D eigenvalue weighted by Gasteiger charge is -2.37. The number of thioether (sulfide) groups is 1. The standard InChI is InChI=1S/C54H53N3O7S/c1-3-32-63-50(59)34-49(58)47(33-38-20-8-4-9-21-38)56-52(61)48(36-65-54(39-22-10-5-11-23-39,40-24-12-6-13-25-40)41-26-14-7-15-27-41)57-51(60)37(2)55-53(62)64-35-46-44-30-18-16-28-42(44)43-29-17-19-31-45(43)46/h3-31,37,46-49,58H,1,32-36H2,2H3,(H,55,62)(H,56,61)(H,57,60)/p-1/t37-,47+,48+,49-/m0/s1. The summed E-state index contributed by atoms with van der Waals surface area (Å²) in [5, 5.41) is 30.7. The first-order chi connectivity index (χ1) is 31.7. The van der Waals surface area contributed by atoms with Gasteiger partial charge in [-0.1, -0.05) is 183 Å². The molecule has 0 saturated carbocycles. The average Bonchev–Trinajstić information content (AvgIpc) is 3.66. The Kier molecular flexibility index (Phi) is 15.7. The summed E-state index contributed by atoms with van der Waals surface area (Å²) in [6.07, 6.45) is -1.05. The number of hydrogen-bond donors (Lipinski definition) is 3. The van der Waals surface area contributed by atoms with E-state index in [1.54, 1.807) is 0 Å². The predicted molar refractivity (Wildman–Crippen MR) is 254 cm³/mol. The summed E-state index contributed by atoms with van der Waals surface area (Å²) in [6.45, 7) is 5.05. The minimum Gasteiger partial charge on any atom is -0.599 e. The summed E-state index contributed by atoms with van der Waals surface area (Å²) in [5.41, 5.74) is 7.89. The number of nitrogens with one attached hydrogen (secondary N) is 2. The SMILES string of the molecule is C=CCOC(=O)C[C@H](O)[C@@H](Cc1ccccc1)NC(=O)[C@@H](CSC(c1ccccc1)(c1ccccc1)c1ccccc1)NC(=O)[C@H](C)N=C([O-])OCC1c2ccccc2-c2ccccc21. The molecule has 6 aromatic rings. The Morgan fingerprint density at radius 1 is 0.723 bits per heavy atom. The van der Waals surface area contributed by atoms with E-state index in [2.05, 4.69) is 22.2 Å². The Morgan fingerprint density at radius 3 is 1.74 bits per heavy atom. The normalized spacial score (nSPS) is 14.2. The van der Waals surface area contributed by atoms with Crippen molar-refractivity contribution >= 4 is 35.6 Å². The maximum absolute atomic E-state index is 14.8. The van der Waals surface area contributed by atoms with Crippen LogP contribution in [-0.4, -0.2) is 72.2 Å². The van der Waals surface area contributed by atoms with Gasteiger partial charge in [-0.3, -0.25) is 19.4 Å². The van der Waals surface area contributed by atoms with Gasteiger partial charge in [-0.2, -0.15) is 0 Å². The van der Waals surface area contributed by atoms with E-state index in [1.807, 2.05) is 170 Å². The van der Waals surface area contributed by atoms with Crippen molar-refractivity contribution in [1.29, 1.82) is 0 Å². The zero-order valence-electron chi connectivity index (χ0n) is 36.1. The molecule has 1 aliphatic rings. The molecule has 0 bridgehead atoms. The van der Waals surface area contributed by atoms with Gasteiger partial charge in [-0.15, -0.1) is 11.8 Å². The maximum Gasteiger partial charge on any atom is 0.308 e. The van der Waals surface area contributed by atoms with Crippen LogP contribution in [0.5, 0.6) is 0 Å². The van der Waals surface area contributed by atoms with Crippen LogP contribution < -0.4 is 15.7 Å². The number of amides is 2. The van der Waals surface area contributed by atoms with Crippen LogP contribution in [0.25, 0.3) is 11.1 Å². The van der Waals surface area contributed by atoms with Crippen LogP contribution >= 0.6 is 11.8 Å². The van der Waals surface area contributed by atoms with Gasteiger partial charge in [0.2, 0.25) is 11.8 Å². The van der Waals surface area contributed by atoms with Crippen LogP contribution in [-0.2, 0) is 35.0 Å². The summed E-state index contributed by atoms with van der Waals surface area (Å²) in [7, 11) is 0. The fourth-order valence-corrected chi connectivity index (χ4v) is 9.82. The lowest BCUT2D eigenvalue weighted by Crippen LogP contribution is -2.55. The molecule has 7 rings (SSSR count). The van der Waals surface area contributed by atoms with Gasteiger partial charge in [0.05, 0.1) is 23.3 Å². The van der Waals surface area contributed by atoms with Gasteiger partial charge in [0.15, 0.2) is 0 Å². The van der Waals surface area contributed by atoms with E-state index in [0.29, 0.717) is 0 Å². The Morgan fingerprint density at radius 2 is 1.22 bits per heavy atom. The number of aliphatic imine (C=N–C) groups is 1. The fourth-order valence-electron chi connectivity index (χ4n) is 8.26. The van der Waals surface area contributed by atoms with Gasteiger partial charge in [0.1, 0.15) is 24.8 Å². The van der Waals surface area contributed by atoms with E-state index >= 15 is 0 Å². The van der Waals surface area contributed by atoms with Crippen molar-refractivity contribution in [3.05, 3.63) is 216 Å². The van der Waals surface area contributed by atoms with Crippen LogP contribution in [0.15, 0.2) is 188 Å². The number of aliphatic hydroxyl groups is 1. The van der Waals surface area contributed by atoms with Crippen molar-refractivity contribution in [2.75, 3.05) is 19.0 Å². The summed E-state index contributed by atoms with van der Waals surface area (Å²) in [6, 6.07) is 51.6. The van der Waals surface area contributed by atoms with Crippen molar-refractivity contribution in [3.63, 3.8) is 0 Å². The number of ether oxygens (including phenoxy) is 2. The fraction of sp³-hybridized carbons (Fsp3) is 0.222. The molecule has 332 valence electrons. The molecule has 0 radical (unpaired) electrons. The van der Waals surface area contributed by atoms with Crippen molar-refractivity contribution in [2.45, 2.75) is 54.7 Å². The highest BCUT2D eigenvalue weighted by atomic mass is 32.2. The third kappa shape index (κ3) is 11.2. The monoisotopic (exact) mass is 886 g/mol. The zero-order chi connectivity index (χ0) is 45.6. The van der Waals surface area contributed by atoms with E-state index in [1.165, 1.54) is 24.8 Å². The first kappa shape index (κ1) is 46.1. The molecule has 4 atom stereocenters. The van der Waals surface area contributed by atoms with Gasteiger partial charge in [-0.25, -0.2) is 0 Å². The molecule has 0 saturated heterocycles. The summed E-state index contributed by atoms with van der Waals surface area (Å²) < 4.78 is 10.0. The smallest absolute Gasteiger partial charge is 0.308 e. The molecule has 0 unspecified atom stereocenters. The van der Waals surface area contributed by atoms with Gasteiger partial charge < -0.3 is 30.3 Å². The molecule has 2 amide bonds. The number of aliphatic hydroxyl groups excluding tert-OH is 1. The molecule has 1 aliphatic carbocycles. The van der Waals surface area contributed by atoms with Gasteiger partial charge >= 0.3 is 5.97 Å². The highest BCUT2D eigenvalue weighted by molar-refractivity contribution is 8.00. The molecule has 65 heavy (non-hydrogen) atoms. The minimum atomic E-state index is -1.35. The number of carbonyl (C=O) groups excluding carboxylic acids is 3. The number of benzene rings is 6. The minimum absolute atomic E-state index is 0.0270. The van der Waals surface area contributed by atoms with Crippen molar-refractivity contribution < 1.29 is 34.1 Å². The summed E-state index contributed by atoms with van der Waals surface area (Å²) >= 11 is 1.46. The van der Waals surface area contributed by atoms with Crippen LogP contribution in [0.3, 0.4) is 0 Å². The van der Waals surface area contributed by atoms with Crippen molar-refractivity contribution in [3.8, 4) is 11.1 Å². The number of esters is 1. The van der Waals surface area contributed by atoms with Gasteiger partial charge in [0, 0.05) is 18.3 Å². The van der Waals surface area contributed by atoms with E-state index < -0.39 is 59.3 Å². The molecular formula is C54H52N3O7S-. The molecule has 10 nitrogen and oxygen atoms in total. The molecule has 0 spiro atoms. The Balaban J connectivity index is 1.17. The van der Waals surface area contributed by atoms with Crippen LogP contribution in [0.2, 0.25) is 0 Å². The highest BCUT2D eigenvalue weighted by Gasteiger charge is 2.39. The number of nitrogens with zero attached hydrogens (tertiary/aromatic N) is 1. The second kappa shape index (κ2) is 22.1. The van der Waals surface area contributed by atoms with Crippen LogP contribution in [0.1, 0.15) is 52.6 Å². The van der Waals surface area contributed by atoms with E-state index in [-0.39, 0.29) is 31.3 Å². The van der Waals surface area contributed by atoms with Gasteiger partial charge in [-0.05, 0) is 57.9 Å². The van der Waals surface area contributed by atoms with Crippen LogP contribution in [0, 0.1) is 0 Å². The first-order valence-corrected chi connectivity index (χ1v) is 22.6. The molecule has 0 aliphatic heterocycles. The number of hydrogen-bond acceptors (Lipinski definition) is 9. The Labute approximate surface area is 384 Å². The molecule has 3 N–H and O–H groups in total. The molecule has 0 aromatic heterocycles. The van der Waals surface area contributed by atoms with E-state index in [0.717, 1.165) is 44.5 Å². The lowest BCUT2D eigenvalue weighted by molar-refractivity contribution is -0.251.